The van der Waals surface area contributed by atoms with Crippen LogP contribution in [0.1, 0.15) is 5.56 Å². The summed E-state index contributed by atoms with van der Waals surface area (Å²) in [6, 6.07) is 35.5. The zero-order valence-corrected chi connectivity index (χ0v) is 18.6. The van der Waals surface area contributed by atoms with Crippen molar-refractivity contribution in [2.75, 3.05) is 0 Å². The summed E-state index contributed by atoms with van der Waals surface area (Å²) in [5.74, 6) is 1.67. The Morgan fingerprint density at radius 1 is 0.667 bits per heavy atom. The molecule has 0 N–H and O–H groups in total. The van der Waals surface area contributed by atoms with Crippen molar-refractivity contribution in [3.8, 4) is 22.8 Å². The van der Waals surface area contributed by atoms with Crippen LogP contribution < -0.4 is 9.42 Å². The van der Waals surface area contributed by atoms with Crippen LogP contribution in [0.3, 0.4) is 0 Å². The van der Waals surface area contributed by atoms with E-state index in [-0.39, 0.29) is 0 Å². The highest BCUT2D eigenvalue weighted by Crippen LogP contribution is 2.38. The second-order valence-electron chi connectivity index (χ2n) is 8.42. The molecule has 3 nitrogen and oxygen atoms in total. The first kappa shape index (κ1) is 19.4. The standard InChI is InChI=1S/C30H23N2O/c1-20-25-14-8-9-15-26(25)30(33-24-12-4-3-5-13-24)19-27(20)29-18-23-16-21-10-6-7-11-22(21)17-28(23)31-32(29)2/h3-19H,1-2H3/q+1. The first-order valence-corrected chi connectivity index (χ1v) is 11.1. The second-order valence-corrected chi connectivity index (χ2v) is 8.42. The molecule has 158 valence electrons. The number of aryl methyl sites for hydroxylation is 2. The molecule has 0 fully saturated rings. The third-order valence-corrected chi connectivity index (χ3v) is 6.32. The van der Waals surface area contributed by atoms with Crippen LogP contribution in [0.25, 0.3) is 43.7 Å². The van der Waals surface area contributed by atoms with Crippen molar-refractivity contribution >= 4 is 32.4 Å². The maximum Gasteiger partial charge on any atom is 0.239 e. The van der Waals surface area contributed by atoms with Gasteiger partial charge in [0.25, 0.3) is 0 Å². The van der Waals surface area contributed by atoms with Crippen LogP contribution in [0.2, 0.25) is 0 Å². The van der Waals surface area contributed by atoms with Gasteiger partial charge in [-0.15, -0.1) is 0 Å². The molecule has 0 radical (unpaired) electrons. The van der Waals surface area contributed by atoms with Gasteiger partial charge in [0.1, 0.15) is 17.0 Å². The highest BCUT2D eigenvalue weighted by molar-refractivity contribution is 5.99. The fraction of sp³-hybridized carbons (Fsp3) is 0.0667. The fourth-order valence-corrected chi connectivity index (χ4v) is 4.61. The molecule has 0 aliphatic rings. The Morgan fingerprint density at radius 2 is 1.33 bits per heavy atom. The Morgan fingerprint density at radius 3 is 2.12 bits per heavy atom. The van der Waals surface area contributed by atoms with Crippen LogP contribution in [0, 0.1) is 6.92 Å². The molecule has 0 atom stereocenters. The Bertz CT molecular complexity index is 1660. The summed E-state index contributed by atoms with van der Waals surface area (Å²) in [6.45, 7) is 2.18. The first-order chi connectivity index (χ1) is 16.2. The average molecular weight is 428 g/mol. The van der Waals surface area contributed by atoms with E-state index in [2.05, 4.69) is 79.7 Å². The molecule has 33 heavy (non-hydrogen) atoms. The third-order valence-electron chi connectivity index (χ3n) is 6.32. The van der Waals surface area contributed by atoms with Crippen molar-refractivity contribution in [2.45, 2.75) is 6.92 Å². The molecule has 0 unspecified atom stereocenters. The topological polar surface area (TPSA) is 26.0 Å². The van der Waals surface area contributed by atoms with Crippen LogP contribution in [0.5, 0.6) is 11.5 Å². The summed E-state index contributed by atoms with van der Waals surface area (Å²) >= 11 is 0. The predicted molar refractivity (Wildman–Crippen MR) is 135 cm³/mol. The fourth-order valence-electron chi connectivity index (χ4n) is 4.61. The Hall–Kier alpha value is -4.24. The number of hydrogen-bond acceptors (Lipinski definition) is 2. The van der Waals surface area contributed by atoms with E-state index >= 15 is 0 Å². The van der Waals surface area contributed by atoms with E-state index in [4.69, 9.17) is 9.84 Å². The number of para-hydroxylation sites is 1. The van der Waals surface area contributed by atoms with Crippen LogP contribution in [0.4, 0.5) is 0 Å². The summed E-state index contributed by atoms with van der Waals surface area (Å²) in [4.78, 5) is 0. The van der Waals surface area contributed by atoms with Gasteiger partial charge in [0.15, 0.2) is 7.05 Å². The van der Waals surface area contributed by atoms with Gasteiger partial charge in [-0.2, -0.15) is 0 Å². The molecule has 6 rings (SSSR count). The van der Waals surface area contributed by atoms with Crippen LogP contribution >= 0.6 is 0 Å². The van der Waals surface area contributed by atoms with Gasteiger partial charge in [-0.25, -0.2) is 0 Å². The SMILES string of the molecule is Cc1c(-c2cc3cc4ccccc4cc3n[n+]2C)cc(Oc2ccccc2)c2ccccc12. The Balaban J connectivity index is 1.59. The van der Waals surface area contributed by atoms with E-state index in [0.29, 0.717) is 0 Å². The Kier molecular flexibility index (Phi) is 4.55. The van der Waals surface area contributed by atoms with Crippen molar-refractivity contribution in [1.29, 1.82) is 0 Å². The summed E-state index contributed by atoms with van der Waals surface area (Å²) in [5, 5.41) is 10.7. The lowest BCUT2D eigenvalue weighted by atomic mass is 9.96. The number of aromatic nitrogens is 2. The van der Waals surface area contributed by atoms with E-state index < -0.39 is 0 Å². The number of rotatable bonds is 3. The molecule has 6 aromatic rings. The largest absolute Gasteiger partial charge is 0.457 e. The van der Waals surface area contributed by atoms with E-state index in [1.165, 1.54) is 21.7 Å². The lowest BCUT2D eigenvalue weighted by Gasteiger charge is -2.14. The molecule has 3 heteroatoms. The minimum Gasteiger partial charge on any atom is -0.457 e. The van der Waals surface area contributed by atoms with Crippen molar-refractivity contribution in [3.63, 3.8) is 0 Å². The van der Waals surface area contributed by atoms with Gasteiger partial charge in [0, 0.05) is 21.9 Å². The third kappa shape index (κ3) is 3.39. The summed E-state index contributed by atoms with van der Waals surface area (Å²) in [7, 11) is 2.01. The zero-order chi connectivity index (χ0) is 22.4. The number of fused-ring (bicyclic) bond motifs is 3. The molecule has 1 aromatic heterocycles. The van der Waals surface area contributed by atoms with Gasteiger partial charge >= 0.3 is 0 Å². The van der Waals surface area contributed by atoms with Gasteiger partial charge in [-0.05, 0) is 59.0 Å². The molecule has 0 bridgehead atoms. The molecule has 0 aliphatic carbocycles. The molecule has 5 aromatic carbocycles. The molecule has 1 heterocycles. The van der Waals surface area contributed by atoms with E-state index in [1.54, 1.807) is 0 Å². The molecule has 0 spiro atoms. The number of nitrogens with zero attached hydrogens (tertiary/aromatic N) is 2. The van der Waals surface area contributed by atoms with E-state index in [9.17, 15) is 0 Å². The monoisotopic (exact) mass is 427 g/mol. The smallest absolute Gasteiger partial charge is 0.239 e. The van der Waals surface area contributed by atoms with Crippen molar-refractivity contribution in [1.82, 2.24) is 5.10 Å². The minimum atomic E-state index is 0.824. The van der Waals surface area contributed by atoms with Gasteiger partial charge in [0.2, 0.25) is 5.69 Å². The first-order valence-electron chi connectivity index (χ1n) is 11.1. The molecule has 0 amide bonds. The van der Waals surface area contributed by atoms with Gasteiger partial charge in [0.05, 0.1) is 5.56 Å². The highest BCUT2D eigenvalue weighted by Gasteiger charge is 2.20. The quantitative estimate of drug-likeness (QED) is 0.222. The van der Waals surface area contributed by atoms with Crippen molar-refractivity contribution in [3.05, 3.63) is 109 Å². The van der Waals surface area contributed by atoms with Gasteiger partial charge in [-0.1, -0.05) is 71.4 Å². The van der Waals surface area contributed by atoms with Crippen LogP contribution in [-0.2, 0) is 7.05 Å². The van der Waals surface area contributed by atoms with Crippen molar-refractivity contribution in [2.24, 2.45) is 7.05 Å². The highest BCUT2D eigenvalue weighted by atomic mass is 16.5. The van der Waals surface area contributed by atoms with Gasteiger partial charge in [-0.3, -0.25) is 0 Å². The summed E-state index contributed by atoms with van der Waals surface area (Å²) < 4.78 is 8.34. The zero-order valence-electron chi connectivity index (χ0n) is 18.6. The minimum absolute atomic E-state index is 0.824. The molecule has 0 saturated heterocycles. The van der Waals surface area contributed by atoms with Crippen molar-refractivity contribution < 1.29 is 9.42 Å². The number of ether oxygens (including phenoxy) is 1. The number of hydrogen-bond donors (Lipinski definition) is 0. The molecule has 0 saturated carbocycles. The molecule has 0 aliphatic heterocycles. The normalized spacial score (nSPS) is 11.3. The second kappa shape index (κ2) is 7.72. The van der Waals surface area contributed by atoms with Crippen LogP contribution in [-0.4, -0.2) is 5.10 Å². The molecular weight excluding hydrogens is 404 g/mol. The van der Waals surface area contributed by atoms with Crippen LogP contribution in [0.15, 0.2) is 103 Å². The molecular formula is C30H23N2O+. The van der Waals surface area contributed by atoms with Gasteiger partial charge < -0.3 is 4.74 Å². The van der Waals surface area contributed by atoms with E-state index in [1.807, 2.05) is 42.1 Å². The predicted octanol–water partition coefficient (Wildman–Crippen LogP) is 7.13. The maximum absolute atomic E-state index is 6.36. The number of benzene rings is 5. The van der Waals surface area contributed by atoms with E-state index in [0.717, 1.165) is 39.0 Å². The lowest BCUT2D eigenvalue weighted by Crippen LogP contribution is -2.35. The average Bonchev–Trinajstić information content (AvgIpc) is 2.85. The maximum atomic E-state index is 6.36. The Labute approximate surface area is 192 Å². The summed E-state index contributed by atoms with van der Waals surface area (Å²) in [6.07, 6.45) is 0. The summed E-state index contributed by atoms with van der Waals surface area (Å²) in [5.41, 5.74) is 4.37. The lowest BCUT2D eigenvalue weighted by molar-refractivity contribution is -0.717.